The highest BCUT2D eigenvalue weighted by Gasteiger charge is 2.49. The zero-order valence-electron chi connectivity index (χ0n) is 19.6. The molecular formula is C25H19Cl2N3O8. The fraction of sp³-hybridized carbons (Fsp3) is 0.280. The van der Waals surface area contributed by atoms with E-state index >= 15 is 0 Å². The van der Waals surface area contributed by atoms with Gasteiger partial charge in [-0.05, 0) is 37.1 Å². The van der Waals surface area contributed by atoms with E-state index < -0.39 is 35.6 Å². The number of carboxylic acids is 2. The molecule has 38 heavy (non-hydrogen) atoms. The predicted octanol–water partition coefficient (Wildman–Crippen LogP) is 3.81. The van der Waals surface area contributed by atoms with E-state index in [2.05, 4.69) is 10.1 Å². The minimum atomic E-state index is -0.955. The van der Waals surface area contributed by atoms with Crippen LogP contribution in [0.1, 0.15) is 33.6 Å². The van der Waals surface area contributed by atoms with Crippen molar-refractivity contribution in [3.63, 3.8) is 0 Å². The van der Waals surface area contributed by atoms with Crippen molar-refractivity contribution in [2.45, 2.75) is 12.8 Å². The fourth-order valence-corrected chi connectivity index (χ4v) is 5.11. The van der Waals surface area contributed by atoms with Gasteiger partial charge in [-0.1, -0.05) is 28.4 Å². The number of rotatable bonds is 6. The summed E-state index contributed by atoms with van der Waals surface area (Å²) in [4.78, 5) is 60.0. The highest BCUT2D eigenvalue weighted by atomic mass is 35.5. The Labute approximate surface area is 222 Å². The maximum Gasteiger partial charge on any atom is 0.326 e. The van der Waals surface area contributed by atoms with Crippen LogP contribution in [-0.2, 0) is 16.6 Å². The predicted molar refractivity (Wildman–Crippen MR) is 135 cm³/mol. The summed E-state index contributed by atoms with van der Waals surface area (Å²) in [5, 5.41) is 22.5. The topological polar surface area (TPSA) is 173 Å². The molecule has 2 aliphatic carbocycles. The van der Waals surface area contributed by atoms with Gasteiger partial charge in [0, 0.05) is 35.4 Å². The number of aromatic nitrogens is 3. The molecule has 4 atom stereocenters. The van der Waals surface area contributed by atoms with Crippen molar-refractivity contribution in [1.82, 2.24) is 14.7 Å². The van der Waals surface area contributed by atoms with Gasteiger partial charge in [-0.2, -0.15) is 0 Å². The summed E-state index contributed by atoms with van der Waals surface area (Å²) >= 11 is 12.1. The summed E-state index contributed by atoms with van der Waals surface area (Å²) in [5.41, 5.74) is 1.85. The fourth-order valence-electron chi connectivity index (χ4n) is 4.51. The third-order valence-corrected chi connectivity index (χ3v) is 7.38. The van der Waals surface area contributed by atoms with Gasteiger partial charge in [0.15, 0.2) is 17.1 Å². The van der Waals surface area contributed by atoms with Crippen molar-refractivity contribution >= 4 is 68.7 Å². The van der Waals surface area contributed by atoms with E-state index in [0.29, 0.717) is 56.0 Å². The van der Waals surface area contributed by atoms with Crippen molar-refractivity contribution in [2.75, 3.05) is 0 Å². The Morgan fingerprint density at radius 1 is 0.921 bits per heavy atom. The van der Waals surface area contributed by atoms with E-state index in [-0.39, 0.29) is 17.3 Å². The smallest absolute Gasteiger partial charge is 0.326 e. The average molecular weight is 560 g/mol. The number of halogens is 2. The number of fused-ring (bicyclic) bond motifs is 2. The first-order chi connectivity index (χ1) is 18.0. The Hall–Kier alpha value is -3.96. The molecule has 4 aromatic rings. The lowest BCUT2D eigenvalue weighted by Gasteiger charge is -2.03. The van der Waals surface area contributed by atoms with Gasteiger partial charge < -0.3 is 19.7 Å². The second kappa shape index (κ2) is 9.41. The number of H-pyrrole nitrogens is 1. The molecule has 0 amide bonds. The molecule has 0 saturated heterocycles. The highest BCUT2D eigenvalue weighted by molar-refractivity contribution is 6.36. The molecule has 0 aliphatic heterocycles. The summed E-state index contributed by atoms with van der Waals surface area (Å²) in [7, 11) is 1.58. The molecule has 2 aromatic heterocycles. The maximum atomic E-state index is 12.2. The van der Waals surface area contributed by atoms with Crippen LogP contribution in [0.2, 0.25) is 10.0 Å². The number of imidazole rings is 1. The van der Waals surface area contributed by atoms with Crippen LogP contribution < -0.4 is 5.69 Å². The normalized spacial score (nSPS) is 21.6. The first-order valence-corrected chi connectivity index (χ1v) is 12.2. The molecule has 2 aliphatic rings. The van der Waals surface area contributed by atoms with Crippen LogP contribution in [0.5, 0.6) is 0 Å². The lowest BCUT2D eigenvalue weighted by Crippen LogP contribution is -2.11. The van der Waals surface area contributed by atoms with Crippen LogP contribution in [-0.4, -0.2) is 48.4 Å². The second-order valence-electron chi connectivity index (χ2n) is 9.35. The molecule has 196 valence electrons. The molecule has 0 spiro atoms. The van der Waals surface area contributed by atoms with Crippen LogP contribution >= 0.6 is 23.2 Å². The van der Waals surface area contributed by atoms with E-state index in [1.807, 2.05) is 0 Å². The molecule has 0 bridgehead atoms. The molecule has 2 aromatic carbocycles. The van der Waals surface area contributed by atoms with Crippen molar-refractivity contribution < 1.29 is 33.9 Å². The second-order valence-corrected chi connectivity index (χ2v) is 10.2. The van der Waals surface area contributed by atoms with Crippen molar-refractivity contribution in [2.24, 2.45) is 30.7 Å². The molecule has 6 rings (SSSR count). The van der Waals surface area contributed by atoms with Gasteiger partial charge in [0.2, 0.25) is 0 Å². The van der Waals surface area contributed by atoms with Crippen molar-refractivity contribution in [1.29, 1.82) is 0 Å². The quantitative estimate of drug-likeness (QED) is 0.297. The maximum absolute atomic E-state index is 12.2. The largest absolute Gasteiger partial charge is 0.481 e. The average Bonchev–Trinajstić information content (AvgIpc) is 3.76. The standard InChI is InChI=1S/C13H11ClN2O4.C12H8ClNO4/c1-16-10-8(14)2-5(3-9(10)15-13(16)20)11(17)6-4-7(6)12(18)19;13-9-2-5(1-6-4-14-18-11(6)9)10(15)7-3-8(7)12(16)17/h2-3,6-7H,4H2,1H3,(H,15,20)(H,18,19);1-2,4,7-8H,3H2,(H,16,17)/t6-,7-;7-,8-/m00/s1. The highest BCUT2D eigenvalue weighted by Crippen LogP contribution is 2.42. The Balaban J connectivity index is 0.000000156. The molecule has 11 nitrogen and oxygen atoms in total. The number of aliphatic carboxylic acids is 2. The molecule has 2 saturated carbocycles. The summed E-state index contributed by atoms with van der Waals surface area (Å²) in [6.07, 6.45) is 2.22. The number of nitrogens with zero attached hydrogens (tertiary/aromatic N) is 2. The van der Waals surface area contributed by atoms with E-state index in [4.69, 9.17) is 37.9 Å². The number of carbonyl (C=O) groups excluding carboxylic acids is 2. The Kier molecular flexibility index (Phi) is 6.36. The first kappa shape index (κ1) is 25.7. The summed E-state index contributed by atoms with van der Waals surface area (Å²) in [5.74, 6) is -4.40. The Morgan fingerprint density at radius 2 is 1.47 bits per heavy atom. The van der Waals surface area contributed by atoms with E-state index in [1.165, 1.54) is 22.9 Å². The Morgan fingerprint density at radius 3 is 2.03 bits per heavy atom. The van der Waals surface area contributed by atoms with Crippen LogP contribution in [0.4, 0.5) is 0 Å². The summed E-state index contributed by atoms with van der Waals surface area (Å²) < 4.78 is 6.30. The minimum Gasteiger partial charge on any atom is -0.481 e. The number of nitrogens with one attached hydrogen (secondary N) is 1. The SMILES string of the molecule is Cn1c(=O)[nH]c2cc(C(=O)[C@H]3C[C@@H]3C(=O)O)cc(Cl)c21.O=C(O)[C@H]1C[C@@H]1C(=O)c1cc(Cl)c2oncc2c1. The number of carboxylic acid groups (broad SMARTS) is 2. The lowest BCUT2D eigenvalue weighted by molar-refractivity contribution is -0.139. The van der Waals surface area contributed by atoms with Gasteiger partial charge >= 0.3 is 17.6 Å². The first-order valence-electron chi connectivity index (χ1n) is 11.4. The monoisotopic (exact) mass is 559 g/mol. The third kappa shape index (κ3) is 4.59. The van der Waals surface area contributed by atoms with Crippen LogP contribution in [0, 0.1) is 23.7 Å². The number of benzene rings is 2. The third-order valence-electron chi connectivity index (χ3n) is 6.81. The van der Waals surface area contributed by atoms with Crippen LogP contribution in [0.15, 0.2) is 39.8 Å². The number of ketones is 2. The van der Waals surface area contributed by atoms with E-state index in [1.54, 1.807) is 19.2 Å². The van der Waals surface area contributed by atoms with Gasteiger partial charge in [-0.3, -0.25) is 23.7 Å². The van der Waals surface area contributed by atoms with Crippen molar-refractivity contribution in [3.8, 4) is 0 Å². The number of carbonyl (C=O) groups is 4. The zero-order chi connectivity index (χ0) is 27.5. The van der Waals surface area contributed by atoms with Gasteiger partial charge in [-0.15, -0.1) is 0 Å². The van der Waals surface area contributed by atoms with Gasteiger partial charge in [0.1, 0.15) is 0 Å². The molecule has 2 fully saturated rings. The number of hydrogen-bond acceptors (Lipinski definition) is 7. The number of hydrogen-bond donors (Lipinski definition) is 3. The summed E-state index contributed by atoms with van der Waals surface area (Å²) in [6.45, 7) is 0. The molecular weight excluding hydrogens is 541 g/mol. The number of Topliss-reactive ketones (excluding diaryl/α,β-unsaturated/α-hetero) is 2. The van der Waals surface area contributed by atoms with E-state index in [9.17, 15) is 24.0 Å². The zero-order valence-corrected chi connectivity index (χ0v) is 21.1. The number of aromatic amines is 1. The molecule has 0 unspecified atom stereocenters. The van der Waals surface area contributed by atoms with Gasteiger partial charge in [0.05, 0.1) is 39.1 Å². The number of aryl methyl sites for hydroxylation is 1. The molecule has 3 N–H and O–H groups in total. The molecule has 0 radical (unpaired) electrons. The minimum absolute atomic E-state index is 0.188. The van der Waals surface area contributed by atoms with Crippen molar-refractivity contribution in [3.05, 3.63) is 62.1 Å². The lowest BCUT2D eigenvalue weighted by atomic mass is 10.0. The van der Waals surface area contributed by atoms with Crippen LogP contribution in [0.25, 0.3) is 22.0 Å². The van der Waals surface area contributed by atoms with Gasteiger partial charge in [0.25, 0.3) is 0 Å². The summed E-state index contributed by atoms with van der Waals surface area (Å²) in [6, 6.07) is 6.14. The molecule has 2 heterocycles. The Bertz CT molecular complexity index is 1720. The van der Waals surface area contributed by atoms with Crippen LogP contribution in [0.3, 0.4) is 0 Å². The van der Waals surface area contributed by atoms with E-state index in [0.717, 1.165) is 0 Å². The molecule has 13 heteroatoms. The van der Waals surface area contributed by atoms with Gasteiger partial charge in [-0.25, -0.2) is 4.79 Å².